The average molecular weight is 290 g/mol. The maximum Gasteiger partial charge on any atom is 0.231 e. The Balaban J connectivity index is 2.16. The SMILES string of the molecule is Cc1nc(CN(C)c2nc(Cl)nc(Cl)n2)cs1. The van der Waals surface area contributed by atoms with Crippen molar-refractivity contribution in [2.75, 3.05) is 11.9 Å². The Kier molecular flexibility index (Phi) is 3.76. The fourth-order valence-electron chi connectivity index (χ4n) is 1.28. The number of aromatic nitrogens is 4. The molecule has 0 spiro atoms. The van der Waals surface area contributed by atoms with E-state index < -0.39 is 0 Å². The van der Waals surface area contributed by atoms with Crippen LogP contribution in [0.15, 0.2) is 5.38 Å². The lowest BCUT2D eigenvalue weighted by atomic mass is 10.4. The summed E-state index contributed by atoms with van der Waals surface area (Å²) in [5.74, 6) is 0.431. The number of halogens is 2. The van der Waals surface area contributed by atoms with Gasteiger partial charge in [-0.15, -0.1) is 11.3 Å². The van der Waals surface area contributed by atoms with Gasteiger partial charge in [0.25, 0.3) is 0 Å². The minimum atomic E-state index is 0.0845. The summed E-state index contributed by atoms with van der Waals surface area (Å²) in [6, 6.07) is 0. The third kappa shape index (κ3) is 3.24. The molecule has 5 nitrogen and oxygen atoms in total. The Morgan fingerprint density at radius 1 is 1.18 bits per heavy atom. The molecule has 0 saturated heterocycles. The Bertz CT molecular complexity index is 510. The Labute approximate surface area is 112 Å². The second kappa shape index (κ2) is 5.12. The zero-order valence-electron chi connectivity index (χ0n) is 9.18. The van der Waals surface area contributed by atoms with Crippen LogP contribution in [0.3, 0.4) is 0 Å². The third-order valence-corrected chi connectivity index (χ3v) is 3.14. The molecule has 0 aliphatic heterocycles. The van der Waals surface area contributed by atoms with Crippen LogP contribution in [-0.4, -0.2) is 27.0 Å². The van der Waals surface area contributed by atoms with Crippen molar-refractivity contribution in [2.24, 2.45) is 0 Å². The number of hydrogen-bond acceptors (Lipinski definition) is 6. The van der Waals surface area contributed by atoms with Crippen molar-refractivity contribution in [2.45, 2.75) is 13.5 Å². The Morgan fingerprint density at radius 3 is 2.35 bits per heavy atom. The summed E-state index contributed by atoms with van der Waals surface area (Å²) in [7, 11) is 1.84. The molecule has 8 heteroatoms. The van der Waals surface area contributed by atoms with Crippen LogP contribution in [0.1, 0.15) is 10.7 Å². The molecule has 2 aromatic rings. The first kappa shape index (κ1) is 12.5. The zero-order valence-corrected chi connectivity index (χ0v) is 11.5. The summed E-state index contributed by atoms with van der Waals surface area (Å²) >= 11 is 13.0. The Morgan fingerprint density at radius 2 is 1.82 bits per heavy atom. The van der Waals surface area contributed by atoms with Gasteiger partial charge in [-0.05, 0) is 30.1 Å². The molecule has 0 amide bonds. The van der Waals surface area contributed by atoms with Gasteiger partial charge in [-0.2, -0.15) is 15.0 Å². The number of aryl methyl sites for hydroxylation is 1. The van der Waals surface area contributed by atoms with Crippen molar-refractivity contribution >= 4 is 40.5 Å². The number of nitrogens with zero attached hydrogens (tertiary/aromatic N) is 5. The van der Waals surface area contributed by atoms with E-state index in [4.69, 9.17) is 23.2 Å². The predicted molar refractivity (Wildman–Crippen MR) is 68.8 cm³/mol. The van der Waals surface area contributed by atoms with Gasteiger partial charge in [0.15, 0.2) is 0 Å². The monoisotopic (exact) mass is 289 g/mol. The summed E-state index contributed by atoms with van der Waals surface area (Å²) in [6.45, 7) is 2.56. The quantitative estimate of drug-likeness (QED) is 0.869. The Hall–Kier alpha value is -0.980. The molecule has 17 heavy (non-hydrogen) atoms. The summed E-state index contributed by atoms with van der Waals surface area (Å²) in [5, 5.41) is 3.19. The molecular weight excluding hydrogens is 281 g/mol. The normalized spacial score (nSPS) is 10.6. The van der Waals surface area contributed by atoms with E-state index in [0.29, 0.717) is 12.5 Å². The maximum absolute atomic E-state index is 5.71. The first-order valence-corrected chi connectivity index (χ1v) is 6.37. The molecule has 0 N–H and O–H groups in total. The molecule has 0 aliphatic carbocycles. The highest BCUT2D eigenvalue weighted by molar-refractivity contribution is 7.09. The van der Waals surface area contributed by atoms with Crippen molar-refractivity contribution in [1.29, 1.82) is 0 Å². The van der Waals surface area contributed by atoms with Crippen LogP contribution >= 0.6 is 34.5 Å². The van der Waals surface area contributed by atoms with Gasteiger partial charge in [-0.25, -0.2) is 4.98 Å². The molecular formula is C9H9Cl2N5S. The van der Waals surface area contributed by atoms with E-state index in [1.165, 1.54) is 0 Å². The van der Waals surface area contributed by atoms with Crippen molar-refractivity contribution < 1.29 is 0 Å². The zero-order chi connectivity index (χ0) is 12.4. The molecule has 90 valence electrons. The highest BCUT2D eigenvalue weighted by Crippen LogP contribution is 2.16. The fourth-order valence-corrected chi connectivity index (χ4v) is 2.24. The van der Waals surface area contributed by atoms with Gasteiger partial charge in [0.1, 0.15) is 0 Å². The maximum atomic E-state index is 5.71. The molecule has 2 aromatic heterocycles. The summed E-state index contributed by atoms with van der Waals surface area (Å²) in [4.78, 5) is 17.9. The minimum absolute atomic E-state index is 0.0845. The molecule has 0 aliphatic rings. The second-order valence-electron chi connectivity index (χ2n) is 3.39. The second-order valence-corrected chi connectivity index (χ2v) is 5.13. The van der Waals surface area contributed by atoms with E-state index in [9.17, 15) is 0 Å². The van der Waals surface area contributed by atoms with Gasteiger partial charge in [0.05, 0.1) is 17.2 Å². The third-order valence-electron chi connectivity index (χ3n) is 1.98. The van der Waals surface area contributed by atoms with Crippen LogP contribution < -0.4 is 4.90 Å². The van der Waals surface area contributed by atoms with Gasteiger partial charge in [0.2, 0.25) is 16.5 Å². The van der Waals surface area contributed by atoms with Gasteiger partial charge in [0, 0.05) is 12.4 Å². The predicted octanol–water partition coefficient (Wildman–Crippen LogP) is 2.58. The van der Waals surface area contributed by atoms with Crippen molar-refractivity contribution in [1.82, 2.24) is 19.9 Å². The number of anilines is 1. The largest absolute Gasteiger partial charge is 0.338 e. The molecule has 2 heterocycles. The van der Waals surface area contributed by atoms with Crippen molar-refractivity contribution in [3.63, 3.8) is 0 Å². The van der Waals surface area contributed by atoms with E-state index in [-0.39, 0.29) is 10.6 Å². The van der Waals surface area contributed by atoms with Crippen LogP contribution in [0.5, 0.6) is 0 Å². The van der Waals surface area contributed by atoms with Gasteiger partial charge < -0.3 is 4.90 Å². The van der Waals surface area contributed by atoms with Crippen LogP contribution in [-0.2, 0) is 6.54 Å². The standard InChI is InChI=1S/C9H9Cl2N5S/c1-5-12-6(4-17-5)3-16(2)9-14-7(10)13-8(11)15-9/h4H,3H2,1-2H3. The lowest BCUT2D eigenvalue weighted by Crippen LogP contribution is -2.19. The fraction of sp³-hybridized carbons (Fsp3) is 0.333. The first-order chi connectivity index (χ1) is 8.04. The summed E-state index contributed by atoms with van der Waals surface area (Å²) < 4.78 is 0. The molecule has 0 unspecified atom stereocenters. The van der Waals surface area contributed by atoms with Crippen LogP contribution in [0.2, 0.25) is 10.6 Å². The van der Waals surface area contributed by atoms with E-state index >= 15 is 0 Å². The van der Waals surface area contributed by atoms with Gasteiger partial charge in [-0.3, -0.25) is 0 Å². The van der Waals surface area contributed by atoms with Crippen molar-refractivity contribution in [3.8, 4) is 0 Å². The van der Waals surface area contributed by atoms with E-state index in [2.05, 4.69) is 19.9 Å². The molecule has 0 atom stereocenters. The lowest BCUT2D eigenvalue weighted by Gasteiger charge is -2.15. The number of hydrogen-bond donors (Lipinski definition) is 0. The summed E-state index contributed by atoms with van der Waals surface area (Å²) in [6.07, 6.45) is 0. The highest BCUT2D eigenvalue weighted by Gasteiger charge is 2.10. The molecule has 0 aromatic carbocycles. The summed E-state index contributed by atoms with van der Waals surface area (Å²) in [5.41, 5.74) is 0.961. The first-order valence-electron chi connectivity index (χ1n) is 4.74. The molecule has 0 radical (unpaired) electrons. The number of thiazole rings is 1. The van der Waals surface area contributed by atoms with Crippen LogP contribution in [0.25, 0.3) is 0 Å². The van der Waals surface area contributed by atoms with E-state index in [1.54, 1.807) is 11.3 Å². The molecule has 0 saturated carbocycles. The van der Waals surface area contributed by atoms with Crippen LogP contribution in [0.4, 0.5) is 5.95 Å². The smallest absolute Gasteiger partial charge is 0.231 e. The molecule has 0 fully saturated rings. The van der Waals surface area contributed by atoms with Gasteiger partial charge >= 0.3 is 0 Å². The molecule has 2 rings (SSSR count). The minimum Gasteiger partial charge on any atom is -0.338 e. The van der Waals surface area contributed by atoms with Crippen LogP contribution in [0, 0.1) is 6.92 Å². The molecule has 0 bridgehead atoms. The highest BCUT2D eigenvalue weighted by atomic mass is 35.5. The number of rotatable bonds is 3. The van der Waals surface area contributed by atoms with Crippen molar-refractivity contribution in [3.05, 3.63) is 26.6 Å². The lowest BCUT2D eigenvalue weighted by molar-refractivity contribution is 0.834. The average Bonchev–Trinajstić information content (AvgIpc) is 2.62. The van der Waals surface area contributed by atoms with Gasteiger partial charge in [-0.1, -0.05) is 0 Å². The topological polar surface area (TPSA) is 54.8 Å². The van der Waals surface area contributed by atoms with E-state index in [0.717, 1.165) is 10.7 Å². The van der Waals surface area contributed by atoms with E-state index in [1.807, 2.05) is 24.3 Å².